The fraction of sp³-hybridized carbons (Fsp3) is 0.368. The molecule has 0 amide bonds. The summed E-state index contributed by atoms with van der Waals surface area (Å²) in [6.45, 7) is 5.22. The minimum absolute atomic E-state index is 0.681. The molecule has 4 nitrogen and oxygen atoms in total. The van der Waals surface area contributed by atoms with Crippen molar-refractivity contribution in [1.29, 1.82) is 0 Å². The van der Waals surface area contributed by atoms with Crippen molar-refractivity contribution in [2.24, 2.45) is 0 Å². The van der Waals surface area contributed by atoms with Crippen LogP contribution in [0.1, 0.15) is 43.2 Å². The molecule has 23 heavy (non-hydrogen) atoms. The second-order valence-electron chi connectivity index (χ2n) is 6.45. The highest BCUT2D eigenvalue weighted by Gasteiger charge is 2.27. The van der Waals surface area contributed by atoms with Gasteiger partial charge in [0.2, 0.25) is 5.95 Å². The standard InChI is InChI=1S/C19H22N4/c1-3-7-20-16-9-15-6-8-23(19-21-11-13(2)12-22-19)18(15)17(10-16)14-4-5-14/h6,8-12,14,20H,3-5,7H2,1-2H3. The Bertz CT molecular complexity index is 828. The Hall–Kier alpha value is -2.36. The normalized spacial score (nSPS) is 14.3. The summed E-state index contributed by atoms with van der Waals surface area (Å²) in [4.78, 5) is 9.00. The maximum absolute atomic E-state index is 4.50. The molecule has 2 heterocycles. The highest BCUT2D eigenvalue weighted by molar-refractivity contribution is 5.89. The maximum Gasteiger partial charge on any atom is 0.234 e. The van der Waals surface area contributed by atoms with Crippen LogP contribution in [0.15, 0.2) is 36.8 Å². The minimum Gasteiger partial charge on any atom is -0.385 e. The lowest BCUT2D eigenvalue weighted by Gasteiger charge is -2.12. The zero-order chi connectivity index (χ0) is 15.8. The highest BCUT2D eigenvalue weighted by Crippen LogP contribution is 2.44. The van der Waals surface area contributed by atoms with Gasteiger partial charge in [0.15, 0.2) is 0 Å². The Morgan fingerprint density at radius 3 is 2.70 bits per heavy atom. The van der Waals surface area contributed by atoms with E-state index in [0.29, 0.717) is 5.92 Å². The minimum atomic E-state index is 0.681. The summed E-state index contributed by atoms with van der Waals surface area (Å²) < 4.78 is 2.13. The summed E-state index contributed by atoms with van der Waals surface area (Å²) in [5, 5.41) is 4.79. The molecule has 1 aliphatic rings. The monoisotopic (exact) mass is 306 g/mol. The topological polar surface area (TPSA) is 42.7 Å². The van der Waals surface area contributed by atoms with E-state index < -0.39 is 0 Å². The Labute approximate surface area is 136 Å². The van der Waals surface area contributed by atoms with E-state index in [1.165, 1.54) is 35.0 Å². The first-order valence-corrected chi connectivity index (χ1v) is 8.44. The Kier molecular flexibility index (Phi) is 3.52. The molecule has 1 saturated carbocycles. The van der Waals surface area contributed by atoms with Gasteiger partial charge < -0.3 is 5.32 Å². The Balaban J connectivity index is 1.85. The molecule has 2 aromatic heterocycles. The van der Waals surface area contributed by atoms with Crippen LogP contribution in [-0.4, -0.2) is 21.1 Å². The van der Waals surface area contributed by atoms with Crippen LogP contribution >= 0.6 is 0 Å². The maximum atomic E-state index is 4.50. The van der Waals surface area contributed by atoms with E-state index >= 15 is 0 Å². The smallest absolute Gasteiger partial charge is 0.234 e. The predicted molar refractivity (Wildman–Crippen MR) is 94.4 cm³/mol. The van der Waals surface area contributed by atoms with E-state index in [9.17, 15) is 0 Å². The fourth-order valence-electron chi connectivity index (χ4n) is 3.07. The molecule has 4 heteroatoms. The third-order valence-corrected chi connectivity index (χ3v) is 4.39. The van der Waals surface area contributed by atoms with Crippen LogP contribution in [0, 0.1) is 6.92 Å². The number of aryl methyl sites for hydroxylation is 1. The van der Waals surface area contributed by atoms with E-state index in [0.717, 1.165) is 24.5 Å². The summed E-state index contributed by atoms with van der Waals surface area (Å²) in [7, 11) is 0. The van der Waals surface area contributed by atoms with Gasteiger partial charge in [0.05, 0.1) is 5.52 Å². The SMILES string of the molecule is CCCNc1cc(C2CC2)c2c(ccn2-c2ncc(C)cn2)c1. The summed E-state index contributed by atoms with van der Waals surface area (Å²) in [5.41, 5.74) is 5.00. The molecule has 1 N–H and O–H groups in total. The molecule has 1 aliphatic carbocycles. The molecule has 0 aliphatic heterocycles. The zero-order valence-corrected chi connectivity index (χ0v) is 13.7. The number of nitrogens with zero attached hydrogens (tertiary/aromatic N) is 3. The van der Waals surface area contributed by atoms with Gasteiger partial charge in [-0.3, -0.25) is 4.57 Å². The quantitative estimate of drug-likeness (QED) is 0.758. The molecule has 4 rings (SSSR count). The van der Waals surface area contributed by atoms with Crippen LogP contribution in [0.3, 0.4) is 0 Å². The van der Waals surface area contributed by atoms with Crippen molar-refractivity contribution in [1.82, 2.24) is 14.5 Å². The lowest BCUT2D eigenvalue weighted by Crippen LogP contribution is -2.03. The van der Waals surface area contributed by atoms with Gasteiger partial charge in [0.25, 0.3) is 0 Å². The zero-order valence-electron chi connectivity index (χ0n) is 13.7. The van der Waals surface area contributed by atoms with Crippen molar-refractivity contribution in [3.63, 3.8) is 0 Å². The third-order valence-electron chi connectivity index (χ3n) is 4.39. The molecule has 3 aromatic rings. The average molecular weight is 306 g/mol. The molecule has 118 valence electrons. The molecule has 0 spiro atoms. The number of nitrogens with one attached hydrogen (secondary N) is 1. The second kappa shape index (κ2) is 5.69. The van der Waals surface area contributed by atoms with Crippen LogP contribution in [0.25, 0.3) is 16.9 Å². The van der Waals surface area contributed by atoms with Gasteiger partial charge in [-0.25, -0.2) is 9.97 Å². The number of aromatic nitrogens is 3. The summed E-state index contributed by atoms with van der Waals surface area (Å²) in [6.07, 6.45) is 9.54. The van der Waals surface area contributed by atoms with Crippen molar-refractivity contribution < 1.29 is 0 Å². The van der Waals surface area contributed by atoms with E-state index in [1.807, 2.05) is 19.3 Å². The third kappa shape index (κ3) is 2.69. The van der Waals surface area contributed by atoms with Crippen LogP contribution in [0.5, 0.6) is 0 Å². The van der Waals surface area contributed by atoms with E-state index in [4.69, 9.17) is 0 Å². The molecular weight excluding hydrogens is 284 g/mol. The second-order valence-corrected chi connectivity index (χ2v) is 6.45. The number of hydrogen-bond donors (Lipinski definition) is 1. The Morgan fingerprint density at radius 1 is 1.22 bits per heavy atom. The van der Waals surface area contributed by atoms with Gasteiger partial charge in [-0.15, -0.1) is 0 Å². The van der Waals surface area contributed by atoms with Gasteiger partial charge in [-0.05, 0) is 61.4 Å². The lowest BCUT2D eigenvalue weighted by atomic mass is 10.1. The molecule has 0 atom stereocenters. The molecular formula is C19H22N4. The van der Waals surface area contributed by atoms with Crippen LogP contribution in [0.2, 0.25) is 0 Å². The number of rotatable bonds is 5. The van der Waals surface area contributed by atoms with Gasteiger partial charge >= 0.3 is 0 Å². The highest BCUT2D eigenvalue weighted by atomic mass is 15.1. The first kappa shape index (κ1) is 14.2. The van der Waals surface area contributed by atoms with Crippen LogP contribution in [-0.2, 0) is 0 Å². The summed E-state index contributed by atoms with van der Waals surface area (Å²) in [6, 6.07) is 6.73. The number of fused-ring (bicyclic) bond motifs is 1. The van der Waals surface area contributed by atoms with Crippen molar-refractivity contribution in [2.45, 2.75) is 39.0 Å². The van der Waals surface area contributed by atoms with Crippen LogP contribution < -0.4 is 5.32 Å². The first-order chi connectivity index (χ1) is 11.3. The molecule has 0 unspecified atom stereocenters. The van der Waals surface area contributed by atoms with Gasteiger partial charge in [-0.1, -0.05) is 6.92 Å². The number of hydrogen-bond acceptors (Lipinski definition) is 3. The average Bonchev–Trinajstić information content (AvgIpc) is 3.33. The fourth-order valence-corrected chi connectivity index (χ4v) is 3.07. The van der Waals surface area contributed by atoms with E-state index in [-0.39, 0.29) is 0 Å². The van der Waals surface area contributed by atoms with Crippen molar-refractivity contribution in [2.75, 3.05) is 11.9 Å². The molecule has 1 aromatic carbocycles. The lowest BCUT2D eigenvalue weighted by molar-refractivity contribution is 0.943. The molecule has 0 radical (unpaired) electrons. The largest absolute Gasteiger partial charge is 0.385 e. The Morgan fingerprint density at radius 2 is 2.00 bits per heavy atom. The van der Waals surface area contributed by atoms with Gasteiger partial charge in [-0.2, -0.15) is 0 Å². The van der Waals surface area contributed by atoms with Crippen molar-refractivity contribution in [3.8, 4) is 5.95 Å². The molecule has 0 saturated heterocycles. The van der Waals surface area contributed by atoms with Crippen molar-refractivity contribution in [3.05, 3.63) is 47.9 Å². The van der Waals surface area contributed by atoms with E-state index in [1.54, 1.807) is 0 Å². The van der Waals surface area contributed by atoms with Crippen LogP contribution in [0.4, 0.5) is 5.69 Å². The van der Waals surface area contributed by atoms with Gasteiger partial charge in [0, 0.05) is 36.2 Å². The molecule has 1 fully saturated rings. The van der Waals surface area contributed by atoms with Gasteiger partial charge in [0.1, 0.15) is 0 Å². The summed E-state index contributed by atoms with van der Waals surface area (Å²) in [5.74, 6) is 1.43. The number of benzene rings is 1. The summed E-state index contributed by atoms with van der Waals surface area (Å²) >= 11 is 0. The number of anilines is 1. The first-order valence-electron chi connectivity index (χ1n) is 8.44. The van der Waals surface area contributed by atoms with E-state index in [2.05, 4.69) is 51.2 Å². The van der Waals surface area contributed by atoms with Crippen molar-refractivity contribution >= 4 is 16.6 Å². The molecule has 0 bridgehead atoms. The predicted octanol–water partition coefficient (Wildman–Crippen LogP) is 4.43.